The van der Waals surface area contributed by atoms with Crippen LogP contribution in [0.1, 0.15) is 26.7 Å². The van der Waals surface area contributed by atoms with Gasteiger partial charge in [-0.1, -0.05) is 26.7 Å². The zero-order valence-electron chi connectivity index (χ0n) is 7.76. The predicted octanol–water partition coefficient (Wildman–Crippen LogP) is 2.33. The van der Waals surface area contributed by atoms with Crippen molar-refractivity contribution < 1.29 is 4.74 Å². The van der Waals surface area contributed by atoms with Gasteiger partial charge in [-0.15, -0.1) is 0 Å². The minimum Gasteiger partial charge on any atom is -0.384 e. The number of methoxy groups -OCH3 is 1. The highest BCUT2D eigenvalue weighted by Crippen LogP contribution is 2.17. The molecule has 2 heteroatoms. The fourth-order valence-electron chi connectivity index (χ4n) is 1.41. The van der Waals surface area contributed by atoms with E-state index in [4.69, 9.17) is 10.1 Å². The molecule has 1 N–H and O–H groups in total. The van der Waals surface area contributed by atoms with Crippen molar-refractivity contribution >= 4 is 6.21 Å². The molecule has 1 unspecified atom stereocenters. The summed E-state index contributed by atoms with van der Waals surface area (Å²) in [6.07, 6.45) is 3.79. The Labute approximate surface area is 69.5 Å². The molecule has 0 aromatic carbocycles. The summed E-state index contributed by atoms with van der Waals surface area (Å²) in [5.74, 6) is 0.933. The van der Waals surface area contributed by atoms with Crippen LogP contribution >= 0.6 is 0 Å². The van der Waals surface area contributed by atoms with Crippen LogP contribution in [0.3, 0.4) is 0 Å². The highest BCUT2D eigenvalue weighted by Gasteiger charge is 2.15. The molecule has 0 bridgehead atoms. The van der Waals surface area contributed by atoms with Gasteiger partial charge in [0.15, 0.2) is 0 Å². The smallest absolute Gasteiger partial charge is 0.0542 e. The second-order valence-electron chi connectivity index (χ2n) is 2.86. The van der Waals surface area contributed by atoms with Crippen LogP contribution in [0.2, 0.25) is 0 Å². The van der Waals surface area contributed by atoms with Gasteiger partial charge in [0, 0.05) is 19.2 Å². The normalized spacial score (nSPS) is 13.5. The van der Waals surface area contributed by atoms with Gasteiger partial charge >= 0.3 is 0 Å². The third kappa shape index (κ3) is 3.51. The van der Waals surface area contributed by atoms with Crippen LogP contribution in [0.4, 0.5) is 0 Å². The van der Waals surface area contributed by atoms with Crippen LogP contribution in [0.5, 0.6) is 0 Å². The molecule has 0 spiro atoms. The van der Waals surface area contributed by atoms with E-state index in [2.05, 4.69) is 13.8 Å². The molecule has 0 saturated heterocycles. The largest absolute Gasteiger partial charge is 0.384 e. The van der Waals surface area contributed by atoms with Crippen molar-refractivity contribution in [2.45, 2.75) is 26.7 Å². The van der Waals surface area contributed by atoms with Crippen molar-refractivity contribution in [3.05, 3.63) is 0 Å². The lowest BCUT2D eigenvalue weighted by Gasteiger charge is -2.19. The third-order valence-corrected chi connectivity index (χ3v) is 2.23. The highest BCUT2D eigenvalue weighted by atomic mass is 16.5. The molecule has 11 heavy (non-hydrogen) atoms. The van der Waals surface area contributed by atoms with Crippen molar-refractivity contribution in [3.8, 4) is 0 Å². The molecule has 0 aromatic heterocycles. The average Bonchev–Trinajstić information content (AvgIpc) is 2.05. The standard InChI is InChI=1S/C9H19NO/c1-4-8(5-2)9(6-10)7-11-3/h6,8-10H,4-5,7H2,1-3H3. The molecule has 0 amide bonds. The van der Waals surface area contributed by atoms with E-state index in [0.29, 0.717) is 18.4 Å². The molecule has 66 valence electrons. The molecular formula is C9H19NO. The van der Waals surface area contributed by atoms with Crippen LogP contribution in [0.25, 0.3) is 0 Å². The van der Waals surface area contributed by atoms with E-state index >= 15 is 0 Å². The molecule has 0 rings (SSSR count). The van der Waals surface area contributed by atoms with Gasteiger partial charge in [-0.3, -0.25) is 0 Å². The van der Waals surface area contributed by atoms with Crippen LogP contribution in [0.15, 0.2) is 0 Å². The predicted molar refractivity (Wildman–Crippen MR) is 48.2 cm³/mol. The first-order chi connectivity index (χ1) is 5.29. The van der Waals surface area contributed by atoms with Gasteiger partial charge < -0.3 is 10.1 Å². The first-order valence-electron chi connectivity index (χ1n) is 4.29. The van der Waals surface area contributed by atoms with Crippen molar-refractivity contribution in [3.63, 3.8) is 0 Å². The fourth-order valence-corrected chi connectivity index (χ4v) is 1.41. The van der Waals surface area contributed by atoms with E-state index in [0.717, 1.165) is 12.8 Å². The van der Waals surface area contributed by atoms with Crippen LogP contribution in [-0.4, -0.2) is 19.9 Å². The number of hydrogen-bond acceptors (Lipinski definition) is 2. The molecule has 0 aliphatic carbocycles. The zero-order valence-corrected chi connectivity index (χ0v) is 7.76. The Balaban J connectivity index is 3.86. The molecule has 0 aliphatic rings. The van der Waals surface area contributed by atoms with Gasteiger partial charge in [0.05, 0.1) is 6.61 Å². The summed E-state index contributed by atoms with van der Waals surface area (Å²) >= 11 is 0. The number of nitrogens with one attached hydrogen (secondary N) is 1. The van der Waals surface area contributed by atoms with Gasteiger partial charge in [0.2, 0.25) is 0 Å². The summed E-state index contributed by atoms with van der Waals surface area (Å²) in [7, 11) is 1.69. The van der Waals surface area contributed by atoms with E-state index in [1.807, 2.05) is 0 Å². The van der Waals surface area contributed by atoms with Gasteiger partial charge in [0.1, 0.15) is 0 Å². The van der Waals surface area contributed by atoms with E-state index in [1.165, 1.54) is 6.21 Å². The molecule has 2 nitrogen and oxygen atoms in total. The minimum absolute atomic E-state index is 0.315. The Morgan fingerprint density at radius 3 is 2.18 bits per heavy atom. The second kappa shape index (κ2) is 6.35. The first kappa shape index (κ1) is 10.6. The Hall–Kier alpha value is -0.370. The van der Waals surface area contributed by atoms with Gasteiger partial charge in [-0.2, -0.15) is 0 Å². The third-order valence-electron chi connectivity index (χ3n) is 2.23. The molecular weight excluding hydrogens is 138 g/mol. The number of ether oxygens (including phenoxy) is 1. The topological polar surface area (TPSA) is 33.1 Å². The lowest BCUT2D eigenvalue weighted by molar-refractivity contribution is 0.150. The Bertz CT molecular complexity index is 99.7. The lowest BCUT2D eigenvalue weighted by Crippen LogP contribution is -2.19. The van der Waals surface area contributed by atoms with Crippen LogP contribution in [0, 0.1) is 17.2 Å². The van der Waals surface area contributed by atoms with E-state index in [-0.39, 0.29) is 0 Å². The SMILES string of the molecule is CCC(CC)C(C=N)COC. The van der Waals surface area contributed by atoms with E-state index < -0.39 is 0 Å². The Morgan fingerprint density at radius 1 is 1.36 bits per heavy atom. The Morgan fingerprint density at radius 2 is 1.91 bits per heavy atom. The molecule has 0 aliphatic heterocycles. The monoisotopic (exact) mass is 157 g/mol. The maximum absolute atomic E-state index is 7.20. The maximum Gasteiger partial charge on any atom is 0.0542 e. The second-order valence-corrected chi connectivity index (χ2v) is 2.86. The summed E-state index contributed by atoms with van der Waals surface area (Å²) in [4.78, 5) is 0. The van der Waals surface area contributed by atoms with Crippen LogP contribution < -0.4 is 0 Å². The number of hydrogen-bond donors (Lipinski definition) is 1. The average molecular weight is 157 g/mol. The van der Waals surface area contributed by atoms with Crippen LogP contribution in [-0.2, 0) is 4.74 Å². The Kier molecular flexibility index (Phi) is 6.13. The fraction of sp³-hybridized carbons (Fsp3) is 0.889. The lowest BCUT2D eigenvalue weighted by atomic mass is 9.89. The summed E-state index contributed by atoms with van der Waals surface area (Å²) in [6.45, 7) is 5.02. The molecule has 0 radical (unpaired) electrons. The molecule has 0 aromatic rings. The molecule has 0 heterocycles. The molecule has 1 atom stereocenters. The number of rotatable bonds is 6. The zero-order chi connectivity index (χ0) is 8.69. The maximum atomic E-state index is 7.20. The van der Waals surface area contributed by atoms with Gasteiger partial charge in [0.25, 0.3) is 0 Å². The summed E-state index contributed by atoms with van der Waals surface area (Å²) in [6, 6.07) is 0. The summed E-state index contributed by atoms with van der Waals surface area (Å²) < 4.78 is 5.03. The highest BCUT2D eigenvalue weighted by molar-refractivity contribution is 5.57. The van der Waals surface area contributed by atoms with Crippen molar-refractivity contribution in [2.24, 2.45) is 11.8 Å². The van der Waals surface area contributed by atoms with Gasteiger partial charge in [-0.05, 0) is 5.92 Å². The van der Waals surface area contributed by atoms with Crippen molar-refractivity contribution in [1.29, 1.82) is 5.41 Å². The van der Waals surface area contributed by atoms with Crippen molar-refractivity contribution in [2.75, 3.05) is 13.7 Å². The quantitative estimate of drug-likeness (QED) is 0.590. The molecule has 0 fully saturated rings. The summed E-state index contributed by atoms with van der Waals surface area (Å²) in [5.41, 5.74) is 0. The first-order valence-corrected chi connectivity index (χ1v) is 4.29. The van der Waals surface area contributed by atoms with Gasteiger partial charge in [-0.25, -0.2) is 0 Å². The van der Waals surface area contributed by atoms with E-state index in [1.54, 1.807) is 7.11 Å². The molecule has 0 saturated carbocycles. The minimum atomic E-state index is 0.315. The van der Waals surface area contributed by atoms with E-state index in [9.17, 15) is 0 Å². The summed E-state index contributed by atoms with van der Waals surface area (Å²) in [5, 5.41) is 7.20. The van der Waals surface area contributed by atoms with Crippen molar-refractivity contribution in [1.82, 2.24) is 0 Å².